The van der Waals surface area contributed by atoms with Crippen LogP contribution in [0.1, 0.15) is 5.56 Å². The number of aryl methyl sites for hydroxylation is 1. The average Bonchev–Trinajstić information content (AvgIpc) is 2.09. The maximum Gasteiger partial charge on any atom is 0.248 e. The maximum atomic E-state index is 10.3. The molecule has 1 heterocycles. The Kier molecular flexibility index (Phi) is 5.16. The smallest absolute Gasteiger partial charge is 0.248 e. The molecule has 0 unspecified atom stereocenters. The molecule has 0 aromatic carbocycles. The Bertz CT molecular complexity index is 304. The molecule has 0 aliphatic heterocycles. The number of nitro groups is 1. The first kappa shape index (κ1) is 12.6. The van der Waals surface area contributed by atoms with Crippen LogP contribution in [0.5, 0.6) is 0 Å². The Hall–Kier alpha value is -2.38. The monoisotopic (exact) mass is 213 g/mol. The van der Waals surface area contributed by atoms with Crippen molar-refractivity contribution in [3.05, 3.63) is 45.4 Å². The van der Waals surface area contributed by atoms with Crippen molar-refractivity contribution < 1.29 is 9.76 Å². The summed E-state index contributed by atoms with van der Waals surface area (Å²) in [6.45, 7) is 1.94. The van der Waals surface area contributed by atoms with E-state index < -0.39 is 11.0 Å². The second kappa shape index (κ2) is 6.13. The number of rotatable bonds is 1. The van der Waals surface area contributed by atoms with Gasteiger partial charge < -0.3 is 10.9 Å². The van der Waals surface area contributed by atoms with Crippen molar-refractivity contribution in [1.29, 1.82) is 5.41 Å². The summed E-state index contributed by atoms with van der Waals surface area (Å²) in [5.74, 6) is -0.662. The topological polar surface area (TPSA) is 132 Å². The summed E-state index contributed by atoms with van der Waals surface area (Å²) in [5, 5.41) is 25.0. The van der Waals surface area contributed by atoms with E-state index in [2.05, 4.69) is 5.73 Å². The lowest BCUT2D eigenvalue weighted by atomic mass is 10.3. The Morgan fingerprint density at radius 3 is 2.27 bits per heavy atom. The number of guanidine groups is 1. The molecule has 82 valence electrons. The van der Waals surface area contributed by atoms with Crippen molar-refractivity contribution in [2.24, 2.45) is 5.73 Å². The summed E-state index contributed by atoms with van der Waals surface area (Å²) >= 11 is 0. The molecule has 8 heteroatoms. The lowest BCUT2D eigenvalue weighted by molar-refractivity contribution is -0.605. The van der Waals surface area contributed by atoms with Gasteiger partial charge >= 0.3 is 0 Å². The Labute approximate surface area is 85.5 Å². The fourth-order valence-corrected chi connectivity index (χ4v) is 0.586. The predicted octanol–water partition coefficient (Wildman–Crippen LogP) is -0.710. The molecule has 0 fully saturated rings. The van der Waals surface area contributed by atoms with E-state index in [1.165, 1.54) is 17.8 Å². The van der Waals surface area contributed by atoms with Crippen molar-refractivity contribution in [3.8, 4) is 0 Å². The van der Waals surface area contributed by atoms with Crippen molar-refractivity contribution >= 4 is 5.96 Å². The zero-order chi connectivity index (χ0) is 11.8. The van der Waals surface area contributed by atoms with Gasteiger partial charge in [0, 0.05) is 12.1 Å². The normalized spacial score (nSPS) is 8.33. The van der Waals surface area contributed by atoms with E-state index in [0.29, 0.717) is 0 Å². The minimum Gasteiger partial charge on any atom is -0.619 e. The van der Waals surface area contributed by atoms with E-state index in [0.717, 1.165) is 10.3 Å². The van der Waals surface area contributed by atoms with Crippen LogP contribution < -0.4 is 15.9 Å². The molecule has 0 radical (unpaired) electrons. The van der Waals surface area contributed by atoms with Gasteiger partial charge in [-0.25, -0.2) is 10.1 Å². The third-order valence-electron chi connectivity index (χ3n) is 1.18. The molecular formula is C7H11N5O3. The van der Waals surface area contributed by atoms with Crippen LogP contribution in [0, 0.1) is 27.7 Å². The molecule has 15 heavy (non-hydrogen) atoms. The molecule has 0 atom stereocenters. The first-order chi connectivity index (χ1) is 6.91. The summed E-state index contributed by atoms with van der Waals surface area (Å²) in [6, 6.07) is 3.54. The number of nitrogens with one attached hydrogen (secondary N) is 2. The van der Waals surface area contributed by atoms with Gasteiger partial charge in [-0.1, -0.05) is 5.43 Å². The molecule has 0 amide bonds. The zero-order valence-electron chi connectivity index (χ0n) is 8.01. The Morgan fingerprint density at radius 2 is 2.07 bits per heavy atom. The number of hydrogen-bond donors (Lipinski definition) is 3. The number of aromatic nitrogens is 1. The highest BCUT2D eigenvalue weighted by Crippen LogP contribution is 1.87. The standard InChI is InChI=1S/C6H7NO.CH4N4O2/c1-6-2-4-7(8)5-3-6;2-1(3)4-5(6)7/h2-5H,1H3;(H4,2,3,4). The van der Waals surface area contributed by atoms with E-state index in [9.17, 15) is 15.3 Å². The Balaban J connectivity index is 0.000000265. The van der Waals surface area contributed by atoms with Crippen molar-refractivity contribution in [2.75, 3.05) is 0 Å². The lowest BCUT2D eigenvalue weighted by Crippen LogP contribution is -2.34. The van der Waals surface area contributed by atoms with Gasteiger partial charge in [-0.05, 0) is 12.5 Å². The van der Waals surface area contributed by atoms with Gasteiger partial charge in [0.25, 0.3) is 0 Å². The molecule has 1 aromatic rings. The highest BCUT2D eigenvalue weighted by molar-refractivity contribution is 5.72. The van der Waals surface area contributed by atoms with Crippen molar-refractivity contribution in [1.82, 2.24) is 5.43 Å². The van der Waals surface area contributed by atoms with E-state index in [1.807, 2.05) is 6.92 Å². The van der Waals surface area contributed by atoms with Crippen LogP contribution in [0.15, 0.2) is 24.5 Å². The van der Waals surface area contributed by atoms with Gasteiger partial charge in [0.05, 0.1) is 0 Å². The Morgan fingerprint density at radius 1 is 1.60 bits per heavy atom. The van der Waals surface area contributed by atoms with E-state index in [4.69, 9.17) is 5.41 Å². The highest BCUT2D eigenvalue weighted by atomic mass is 16.7. The molecule has 0 spiro atoms. The van der Waals surface area contributed by atoms with E-state index >= 15 is 0 Å². The third kappa shape index (κ3) is 7.96. The first-order valence-electron chi connectivity index (χ1n) is 3.82. The number of pyridine rings is 1. The summed E-state index contributed by atoms with van der Waals surface area (Å²) in [5.41, 5.74) is 7.02. The largest absolute Gasteiger partial charge is 0.619 e. The van der Waals surface area contributed by atoms with Crippen LogP contribution in [0.2, 0.25) is 0 Å². The van der Waals surface area contributed by atoms with Crippen LogP contribution in [-0.2, 0) is 0 Å². The SMILES string of the molecule is Cc1cc[n+]([O-])cc1.N=C(N)N[N+](=O)[O-]. The highest BCUT2D eigenvalue weighted by Gasteiger charge is 1.91. The lowest BCUT2D eigenvalue weighted by Gasteiger charge is -1.92. The molecule has 0 bridgehead atoms. The fraction of sp³-hybridized carbons (Fsp3) is 0.143. The summed E-state index contributed by atoms with van der Waals surface area (Å²) in [4.78, 5) is 9.28. The average molecular weight is 213 g/mol. The van der Waals surface area contributed by atoms with Crippen LogP contribution in [0.4, 0.5) is 0 Å². The zero-order valence-corrected chi connectivity index (χ0v) is 8.01. The molecule has 8 nitrogen and oxygen atoms in total. The van der Waals surface area contributed by atoms with Crippen LogP contribution in [0.3, 0.4) is 0 Å². The molecule has 1 rings (SSSR count). The number of nitrogens with two attached hydrogens (primary N) is 1. The van der Waals surface area contributed by atoms with Crippen LogP contribution in [0.25, 0.3) is 0 Å². The number of hydrazine groups is 1. The second-order valence-electron chi connectivity index (χ2n) is 2.52. The maximum absolute atomic E-state index is 10.3. The molecule has 0 saturated carbocycles. The molecule has 1 aromatic heterocycles. The number of nitrogens with zero attached hydrogens (tertiary/aromatic N) is 2. The third-order valence-corrected chi connectivity index (χ3v) is 1.18. The second-order valence-corrected chi connectivity index (χ2v) is 2.52. The van der Waals surface area contributed by atoms with Crippen LogP contribution >= 0.6 is 0 Å². The predicted molar refractivity (Wildman–Crippen MR) is 52.2 cm³/mol. The first-order valence-corrected chi connectivity index (χ1v) is 3.82. The summed E-state index contributed by atoms with van der Waals surface area (Å²) < 4.78 is 0.771. The van der Waals surface area contributed by atoms with Crippen molar-refractivity contribution in [3.63, 3.8) is 0 Å². The van der Waals surface area contributed by atoms with Gasteiger partial charge in [0.1, 0.15) is 0 Å². The quantitative estimate of drug-likeness (QED) is 0.141. The molecular weight excluding hydrogens is 202 g/mol. The van der Waals surface area contributed by atoms with Crippen molar-refractivity contribution in [2.45, 2.75) is 6.92 Å². The molecule has 4 N–H and O–H groups in total. The fourth-order valence-electron chi connectivity index (χ4n) is 0.586. The van der Waals surface area contributed by atoms with Gasteiger partial charge in [-0.3, -0.25) is 5.41 Å². The summed E-state index contributed by atoms with van der Waals surface area (Å²) in [7, 11) is 0. The summed E-state index contributed by atoms with van der Waals surface area (Å²) in [6.07, 6.45) is 2.96. The van der Waals surface area contributed by atoms with E-state index in [1.54, 1.807) is 12.1 Å². The molecule has 0 saturated heterocycles. The van der Waals surface area contributed by atoms with E-state index in [-0.39, 0.29) is 0 Å². The van der Waals surface area contributed by atoms with Gasteiger partial charge in [-0.15, -0.1) is 0 Å². The van der Waals surface area contributed by atoms with Gasteiger partial charge in [0.2, 0.25) is 5.96 Å². The molecule has 0 aliphatic carbocycles. The molecule has 0 aliphatic rings. The van der Waals surface area contributed by atoms with Gasteiger partial charge in [0.15, 0.2) is 17.4 Å². The minimum absolute atomic E-state index is 0.662. The number of hydrogen-bond acceptors (Lipinski definition) is 4. The minimum atomic E-state index is -0.900. The van der Waals surface area contributed by atoms with Crippen LogP contribution in [-0.4, -0.2) is 11.0 Å². The van der Waals surface area contributed by atoms with Gasteiger partial charge in [-0.2, -0.15) is 4.73 Å².